The second kappa shape index (κ2) is 10.8. The molecule has 0 aliphatic carbocycles. The molecule has 0 heterocycles. The van der Waals surface area contributed by atoms with Crippen molar-refractivity contribution in [2.75, 3.05) is 7.11 Å². The van der Waals surface area contributed by atoms with Crippen molar-refractivity contribution in [2.24, 2.45) is 0 Å². The maximum atomic E-state index is 13.1. The Hall–Kier alpha value is -3.36. The lowest BCUT2D eigenvalue weighted by Gasteiger charge is -2.18. The first-order valence-corrected chi connectivity index (χ1v) is 10.7. The lowest BCUT2D eigenvalue weighted by molar-refractivity contribution is -0.384. The van der Waals surface area contributed by atoms with Gasteiger partial charge in [0.15, 0.2) is 0 Å². The predicted molar refractivity (Wildman–Crippen MR) is 122 cm³/mol. The van der Waals surface area contributed by atoms with Crippen LogP contribution in [-0.2, 0) is 16.0 Å². The molecule has 1 atom stereocenters. The Morgan fingerprint density at radius 3 is 2.41 bits per heavy atom. The van der Waals surface area contributed by atoms with Gasteiger partial charge in [0.1, 0.15) is 6.04 Å². The van der Waals surface area contributed by atoms with E-state index in [0.717, 1.165) is 10.5 Å². The lowest BCUT2D eigenvalue weighted by atomic mass is 10.1. The zero-order valence-corrected chi connectivity index (χ0v) is 18.6. The van der Waals surface area contributed by atoms with Gasteiger partial charge in [-0.1, -0.05) is 53.7 Å². The highest BCUT2D eigenvalue weighted by Crippen LogP contribution is 2.33. The zero-order valence-electron chi connectivity index (χ0n) is 17.0. The molecular weight excluding hydrogens is 452 g/mol. The molecule has 164 valence electrons. The maximum Gasteiger partial charge on any atom is 0.328 e. The summed E-state index contributed by atoms with van der Waals surface area (Å²) in [6.45, 7) is 0. The fourth-order valence-electron chi connectivity index (χ4n) is 2.95. The van der Waals surface area contributed by atoms with Gasteiger partial charge in [0.2, 0.25) is 0 Å². The van der Waals surface area contributed by atoms with Crippen LogP contribution in [0.15, 0.2) is 82.6 Å². The Morgan fingerprint density at radius 2 is 1.78 bits per heavy atom. The summed E-state index contributed by atoms with van der Waals surface area (Å²) in [5.41, 5.74) is 0.687. The molecule has 1 N–H and O–H groups in total. The van der Waals surface area contributed by atoms with Crippen LogP contribution < -0.4 is 5.32 Å². The highest BCUT2D eigenvalue weighted by Gasteiger charge is 2.25. The molecule has 0 aliphatic rings. The fraction of sp³-hybridized carbons (Fsp3) is 0.130. The highest BCUT2D eigenvalue weighted by atomic mass is 35.5. The standard InChI is InChI=1S/C23H19ClN2O5S/c1-31-23(28)20(13-15-5-3-2-4-6-15)25-22(27)19-14-17(26(29)30)9-12-21(19)32-18-10-7-16(24)8-11-18/h2-12,14,20H,13H2,1H3,(H,25,27). The number of carbonyl (C=O) groups excluding carboxylic acids is 2. The molecule has 0 bridgehead atoms. The molecule has 3 aromatic carbocycles. The smallest absolute Gasteiger partial charge is 0.328 e. The number of esters is 1. The third-order valence-corrected chi connectivity index (χ3v) is 5.87. The molecule has 0 radical (unpaired) electrons. The number of hydrogen-bond donors (Lipinski definition) is 1. The molecule has 0 saturated heterocycles. The van der Waals surface area contributed by atoms with Crippen LogP contribution in [-0.4, -0.2) is 30.0 Å². The van der Waals surface area contributed by atoms with Gasteiger partial charge < -0.3 is 10.1 Å². The van der Waals surface area contributed by atoms with E-state index in [0.29, 0.717) is 9.92 Å². The van der Waals surface area contributed by atoms with Crippen molar-refractivity contribution >= 4 is 40.9 Å². The number of benzene rings is 3. The van der Waals surface area contributed by atoms with Crippen LogP contribution in [0.2, 0.25) is 5.02 Å². The van der Waals surface area contributed by atoms with Crippen LogP contribution >= 0.6 is 23.4 Å². The molecule has 0 aromatic heterocycles. The number of carbonyl (C=O) groups is 2. The van der Waals surface area contributed by atoms with Crippen molar-refractivity contribution in [2.45, 2.75) is 22.3 Å². The molecule has 0 aliphatic heterocycles. The van der Waals surface area contributed by atoms with Crippen molar-refractivity contribution in [1.82, 2.24) is 5.32 Å². The van der Waals surface area contributed by atoms with Gasteiger partial charge >= 0.3 is 5.97 Å². The first-order valence-electron chi connectivity index (χ1n) is 9.52. The maximum absolute atomic E-state index is 13.1. The van der Waals surface area contributed by atoms with E-state index in [2.05, 4.69) is 5.32 Å². The quantitative estimate of drug-likeness (QED) is 0.285. The SMILES string of the molecule is COC(=O)C(Cc1ccccc1)NC(=O)c1cc([N+](=O)[O-])ccc1Sc1ccc(Cl)cc1. The van der Waals surface area contributed by atoms with Crippen LogP contribution in [0.5, 0.6) is 0 Å². The minimum Gasteiger partial charge on any atom is -0.467 e. The number of amides is 1. The van der Waals surface area contributed by atoms with E-state index in [1.165, 1.54) is 37.1 Å². The van der Waals surface area contributed by atoms with Gasteiger partial charge in [-0.2, -0.15) is 0 Å². The first-order chi connectivity index (χ1) is 15.4. The predicted octanol–water partition coefficient (Wildman–Crippen LogP) is 4.91. The number of nitro groups is 1. The van der Waals surface area contributed by atoms with Gasteiger partial charge in [0.25, 0.3) is 11.6 Å². The average Bonchev–Trinajstić information content (AvgIpc) is 2.80. The second-order valence-corrected chi connectivity index (χ2v) is 8.28. The molecule has 3 rings (SSSR count). The summed E-state index contributed by atoms with van der Waals surface area (Å²) in [6.07, 6.45) is 0.216. The van der Waals surface area contributed by atoms with Crippen molar-refractivity contribution in [1.29, 1.82) is 0 Å². The Balaban J connectivity index is 1.90. The largest absolute Gasteiger partial charge is 0.467 e. The van der Waals surface area contributed by atoms with Crippen molar-refractivity contribution < 1.29 is 19.2 Å². The number of halogens is 1. The number of rotatable bonds is 8. The molecule has 0 fully saturated rings. The van der Waals surface area contributed by atoms with Gasteiger partial charge in [-0.3, -0.25) is 14.9 Å². The molecule has 7 nitrogen and oxygen atoms in total. The lowest BCUT2D eigenvalue weighted by Crippen LogP contribution is -2.43. The number of methoxy groups -OCH3 is 1. The molecule has 0 saturated carbocycles. The Bertz CT molecular complexity index is 1120. The average molecular weight is 471 g/mol. The Morgan fingerprint density at radius 1 is 1.09 bits per heavy atom. The minimum absolute atomic E-state index is 0.0844. The summed E-state index contributed by atoms with van der Waals surface area (Å²) < 4.78 is 4.84. The van der Waals surface area contributed by atoms with Gasteiger partial charge in [0.05, 0.1) is 17.6 Å². The minimum atomic E-state index is -0.956. The molecule has 3 aromatic rings. The van der Waals surface area contributed by atoms with Crippen LogP contribution in [0.3, 0.4) is 0 Å². The summed E-state index contributed by atoms with van der Waals surface area (Å²) in [7, 11) is 1.24. The number of nitrogens with one attached hydrogen (secondary N) is 1. The number of nitro benzene ring substituents is 1. The van der Waals surface area contributed by atoms with Crippen LogP contribution in [0.4, 0.5) is 5.69 Å². The van der Waals surface area contributed by atoms with Crippen molar-refractivity contribution in [3.8, 4) is 0 Å². The zero-order chi connectivity index (χ0) is 23.1. The van der Waals surface area contributed by atoms with Crippen molar-refractivity contribution in [3.63, 3.8) is 0 Å². The van der Waals surface area contributed by atoms with E-state index < -0.39 is 22.8 Å². The second-order valence-electron chi connectivity index (χ2n) is 6.73. The summed E-state index contributed by atoms with van der Waals surface area (Å²) in [6, 6.07) is 19.2. The number of nitrogens with zero attached hydrogens (tertiary/aromatic N) is 1. The van der Waals surface area contributed by atoms with Gasteiger partial charge in [-0.15, -0.1) is 0 Å². The summed E-state index contributed by atoms with van der Waals surface area (Å²) in [4.78, 5) is 37.4. The van der Waals surface area contributed by atoms with Gasteiger partial charge in [-0.25, -0.2) is 4.79 Å². The normalized spacial score (nSPS) is 11.4. The van der Waals surface area contributed by atoms with E-state index >= 15 is 0 Å². The third kappa shape index (κ3) is 6.09. The summed E-state index contributed by atoms with van der Waals surface area (Å²) >= 11 is 7.19. The first kappa shape index (κ1) is 23.3. The third-order valence-electron chi connectivity index (χ3n) is 4.53. The number of non-ortho nitro benzene ring substituents is 1. The van der Waals surface area contributed by atoms with Crippen molar-refractivity contribution in [3.05, 3.63) is 99.1 Å². The van der Waals surface area contributed by atoms with Crippen LogP contribution in [0, 0.1) is 10.1 Å². The van der Waals surface area contributed by atoms with E-state index in [4.69, 9.17) is 16.3 Å². The summed E-state index contributed by atoms with van der Waals surface area (Å²) in [5.74, 6) is -1.23. The van der Waals surface area contributed by atoms with Crippen LogP contribution in [0.25, 0.3) is 0 Å². The van der Waals surface area contributed by atoms with E-state index in [-0.39, 0.29) is 17.7 Å². The van der Waals surface area contributed by atoms with E-state index in [9.17, 15) is 19.7 Å². The monoisotopic (exact) mass is 470 g/mol. The summed E-state index contributed by atoms with van der Waals surface area (Å²) in [5, 5.41) is 14.5. The molecule has 1 unspecified atom stereocenters. The molecular formula is C23H19ClN2O5S. The highest BCUT2D eigenvalue weighted by molar-refractivity contribution is 7.99. The Kier molecular flexibility index (Phi) is 7.86. The molecule has 9 heteroatoms. The molecule has 32 heavy (non-hydrogen) atoms. The van der Waals surface area contributed by atoms with Crippen LogP contribution in [0.1, 0.15) is 15.9 Å². The number of ether oxygens (including phenoxy) is 1. The van der Waals surface area contributed by atoms with E-state index in [1.54, 1.807) is 24.3 Å². The Labute approximate surface area is 193 Å². The fourth-order valence-corrected chi connectivity index (χ4v) is 4.00. The number of hydrogen-bond acceptors (Lipinski definition) is 6. The van der Waals surface area contributed by atoms with Gasteiger partial charge in [0, 0.05) is 33.4 Å². The molecule has 1 amide bonds. The molecule has 0 spiro atoms. The van der Waals surface area contributed by atoms with E-state index in [1.807, 2.05) is 30.3 Å². The topological polar surface area (TPSA) is 98.5 Å². The van der Waals surface area contributed by atoms with Gasteiger partial charge in [-0.05, 0) is 35.9 Å².